The maximum absolute atomic E-state index is 12.3. The lowest BCUT2D eigenvalue weighted by Gasteiger charge is -2.45. The number of fused-ring (bicyclic) bond motifs is 2. The first-order chi connectivity index (χ1) is 11.3. The molecule has 130 valence electrons. The Hall–Kier alpha value is -2.04. The zero-order valence-corrected chi connectivity index (χ0v) is 14.7. The molecule has 0 bridgehead atoms. The first-order valence-electron chi connectivity index (χ1n) is 8.63. The molecule has 5 heteroatoms. The van der Waals surface area contributed by atoms with Gasteiger partial charge in [0.25, 0.3) is 0 Å². The summed E-state index contributed by atoms with van der Waals surface area (Å²) in [6.07, 6.45) is 3.36. The van der Waals surface area contributed by atoms with Crippen molar-refractivity contribution in [2.75, 3.05) is 13.1 Å². The van der Waals surface area contributed by atoms with Gasteiger partial charge in [0.15, 0.2) is 0 Å². The highest BCUT2D eigenvalue weighted by Crippen LogP contribution is 2.45. The summed E-state index contributed by atoms with van der Waals surface area (Å²) >= 11 is 0. The molecule has 1 spiro atoms. The molecule has 1 aromatic rings. The molecule has 1 aromatic carbocycles. The van der Waals surface area contributed by atoms with Crippen molar-refractivity contribution in [1.82, 2.24) is 4.90 Å². The second-order valence-electron chi connectivity index (χ2n) is 7.84. The maximum Gasteiger partial charge on any atom is 0.410 e. The largest absolute Gasteiger partial charge is 0.444 e. The van der Waals surface area contributed by atoms with Gasteiger partial charge in [-0.3, -0.25) is 0 Å². The van der Waals surface area contributed by atoms with Crippen molar-refractivity contribution < 1.29 is 14.7 Å². The van der Waals surface area contributed by atoms with Crippen LogP contribution in [-0.2, 0) is 10.2 Å². The van der Waals surface area contributed by atoms with E-state index in [-0.39, 0.29) is 11.5 Å². The van der Waals surface area contributed by atoms with Crippen LogP contribution in [0.5, 0.6) is 0 Å². The Morgan fingerprint density at radius 1 is 1.21 bits per heavy atom. The fraction of sp³-hybridized carbons (Fsp3) is 0.579. The van der Waals surface area contributed by atoms with E-state index >= 15 is 0 Å². The van der Waals surface area contributed by atoms with Crippen molar-refractivity contribution in [3.8, 4) is 0 Å². The third-order valence-corrected chi connectivity index (χ3v) is 5.14. The number of hydrogen-bond acceptors (Lipinski definition) is 4. The van der Waals surface area contributed by atoms with Gasteiger partial charge in [0.2, 0.25) is 0 Å². The summed E-state index contributed by atoms with van der Waals surface area (Å²) in [5.41, 5.74) is 2.69. The number of carbonyl (C=O) groups excluding carboxylic acids is 1. The topological polar surface area (TPSA) is 62.1 Å². The Kier molecular flexibility index (Phi) is 4.28. The summed E-state index contributed by atoms with van der Waals surface area (Å²) in [6, 6.07) is 8.20. The van der Waals surface area contributed by atoms with Crippen molar-refractivity contribution in [3.05, 3.63) is 35.4 Å². The minimum absolute atomic E-state index is 0.0727. The van der Waals surface area contributed by atoms with Crippen LogP contribution in [0.3, 0.4) is 0 Å². The summed E-state index contributed by atoms with van der Waals surface area (Å²) in [5, 5.41) is 12.7. The number of carbonyl (C=O) groups is 1. The Balaban J connectivity index is 1.77. The molecule has 1 N–H and O–H groups in total. The Morgan fingerprint density at radius 2 is 1.88 bits per heavy atom. The smallest absolute Gasteiger partial charge is 0.410 e. The molecule has 3 rings (SSSR count). The highest BCUT2D eigenvalue weighted by Gasteiger charge is 2.42. The standard InChI is InChI=1S/C19H26N2O3/c1-18(2,3)24-17(22)21-12-10-19(11-13-21)9-8-16(20-23)14-6-4-5-7-15(14)19/h4-7,23H,8-13H2,1-3H3/b20-16-. The maximum atomic E-state index is 12.3. The van der Waals surface area contributed by atoms with Crippen molar-refractivity contribution in [1.29, 1.82) is 0 Å². The van der Waals surface area contributed by atoms with E-state index in [4.69, 9.17) is 4.74 Å². The summed E-state index contributed by atoms with van der Waals surface area (Å²) in [5.74, 6) is 0. The van der Waals surface area contributed by atoms with Gasteiger partial charge < -0.3 is 14.8 Å². The van der Waals surface area contributed by atoms with Gasteiger partial charge in [0.05, 0.1) is 5.71 Å². The average Bonchev–Trinajstić information content (AvgIpc) is 2.55. The van der Waals surface area contributed by atoms with Crippen molar-refractivity contribution in [2.45, 2.75) is 57.5 Å². The van der Waals surface area contributed by atoms with E-state index in [0.29, 0.717) is 13.1 Å². The molecule has 2 aliphatic rings. The number of piperidine rings is 1. The average molecular weight is 330 g/mol. The lowest BCUT2D eigenvalue weighted by Crippen LogP contribution is -2.48. The number of rotatable bonds is 0. The molecule has 1 amide bonds. The molecule has 0 saturated carbocycles. The monoisotopic (exact) mass is 330 g/mol. The van der Waals surface area contributed by atoms with Crippen molar-refractivity contribution >= 4 is 11.8 Å². The third kappa shape index (κ3) is 3.12. The van der Waals surface area contributed by atoms with Crippen LogP contribution >= 0.6 is 0 Å². The van der Waals surface area contributed by atoms with Crippen LogP contribution in [0.4, 0.5) is 4.79 Å². The van der Waals surface area contributed by atoms with E-state index in [0.717, 1.165) is 37.0 Å². The predicted molar refractivity (Wildman–Crippen MR) is 92.7 cm³/mol. The van der Waals surface area contributed by atoms with E-state index in [1.54, 1.807) is 0 Å². The fourth-order valence-electron chi connectivity index (χ4n) is 3.89. The van der Waals surface area contributed by atoms with Crippen LogP contribution < -0.4 is 0 Å². The van der Waals surface area contributed by atoms with Crippen molar-refractivity contribution in [2.24, 2.45) is 5.16 Å². The van der Waals surface area contributed by atoms with E-state index in [1.807, 2.05) is 43.9 Å². The second kappa shape index (κ2) is 6.11. The van der Waals surface area contributed by atoms with Gasteiger partial charge in [-0.25, -0.2) is 4.79 Å². The van der Waals surface area contributed by atoms with Crippen LogP contribution in [0.1, 0.15) is 57.6 Å². The van der Waals surface area contributed by atoms with Gasteiger partial charge in [-0.2, -0.15) is 0 Å². The molecular formula is C19H26N2O3. The molecule has 0 atom stereocenters. The van der Waals surface area contributed by atoms with Crippen LogP contribution in [0, 0.1) is 0 Å². The molecule has 1 fully saturated rings. The minimum atomic E-state index is -0.462. The molecule has 5 nitrogen and oxygen atoms in total. The van der Waals surface area contributed by atoms with Crippen LogP contribution in [0.15, 0.2) is 29.4 Å². The number of likely N-dealkylation sites (tertiary alicyclic amines) is 1. The van der Waals surface area contributed by atoms with Gasteiger partial charge in [0, 0.05) is 18.7 Å². The molecular weight excluding hydrogens is 304 g/mol. The van der Waals surface area contributed by atoms with Crippen LogP contribution in [0.2, 0.25) is 0 Å². The molecule has 1 saturated heterocycles. The highest BCUT2D eigenvalue weighted by molar-refractivity contribution is 6.03. The zero-order valence-electron chi connectivity index (χ0n) is 14.7. The van der Waals surface area contributed by atoms with Crippen LogP contribution in [0.25, 0.3) is 0 Å². The zero-order chi connectivity index (χ0) is 17.4. The highest BCUT2D eigenvalue weighted by atomic mass is 16.6. The lowest BCUT2D eigenvalue weighted by molar-refractivity contribution is 0.0158. The van der Waals surface area contributed by atoms with Gasteiger partial charge in [0.1, 0.15) is 5.60 Å². The van der Waals surface area contributed by atoms with Gasteiger partial charge in [-0.1, -0.05) is 29.4 Å². The summed E-state index contributed by atoms with van der Waals surface area (Å²) in [6.45, 7) is 7.08. The van der Waals surface area contributed by atoms with E-state index < -0.39 is 5.60 Å². The fourth-order valence-corrected chi connectivity index (χ4v) is 3.89. The minimum Gasteiger partial charge on any atom is -0.444 e. The number of ether oxygens (including phenoxy) is 1. The Bertz CT molecular complexity index is 653. The quantitative estimate of drug-likeness (QED) is 0.579. The lowest BCUT2D eigenvalue weighted by atomic mass is 9.64. The second-order valence-corrected chi connectivity index (χ2v) is 7.84. The summed E-state index contributed by atoms with van der Waals surface area (Å²) in [7, 11) is 0. The van der Waals surface area contributed by atoms with Crippen molar-refractivity contribution in [3.63, 3.8) is 0 Å². The first kappa shape index (κ1) is 16.8. The summed E-state index contributed by atoms with van der Waals surface area (Å²) < 4.78 is 5.49. The van der Waals surface area contributed by atoms with Gasteiger partial charge in [-0.05, 0) is 57.4 Å². The molecule has 24 heavy (non-hydrogen) atoms. The molecule has 1 heterocycles. The van der Waals surface area contributed by atoms with Crippen LogP contribution in [-0.4, -0.2) is 40.6 Å². The van der Waals surface area contributed by atoms with E-state index in [2.05, 4.69) is 11.2 Å². The number of benzene rings is 1. The van der Waals surface area contributed by atoms with Gasteiger partial charge in [-0.15, -0.1) is 0 Å². The molecule has 1 aliphatic heterocycles. The Labute approximate surface area is 143 Å². The Morgan fingerprint density at radius 3 is 2.50 bits per heavy atom. The summed E-state index contributed by atoms with van der Waals surface area (Å²) in [4.78, 5) is 14.1. The number of amides is 1. The normalized spacial score (nSPS) is 21.6. The molecule has 1 aliphatic carbocycles. The number of hydrogen-bond donors (Lipinski definition) is 1. The van der Waals surface area contributed by atoms with E-state index in [1.165, 1.54) is 5.56 Å². The third-order valence-electron chi connectivity index (χ3n) is 5.14. The predicted octanol–water partition coefficient (Wildman–Crippen LogP) is 3.93. The number of nitrogens with zero attached hydrogens (tertiary/aromatic N) is 2. The van der Waals surface area contributed by atoms with E-state index in [9.17, 15) is 10.0 Å². The van der Waals surface area contributed by atoms with Gasteiger partial charge >= 0.3 is 6.09 Å². The first-order valence-corrected chi connectivity index (χ1v) is 8.63. The molecule has 0 radical (unpaired) electrons. The number of oxime groups is 1. The molecule has 0 unspecified atom stereocenters. The molecule has 0 aromatic heterocycles. The SMILES string of the molecule is CC(C)(C)OC(=O)N1CCC2(CC/C(=N/O)c3ccccc32)CC1.